The van der Waals surface area contributed by atoms with Crippen LogP contribution in [0, 0.1) is 5.82 Å². The molecule has 1 amide bonds. The lowest BCUT2D eigenvalue weighted by Gasteiger charge is -2.25. The normalized spacial score (nSPS) is 13.4. The molecule has 3 heterocycles. The Hall–Kier alpha value is -3.49. The number of anilines is 1. The standard InChI is InChI=1S/C18H16FN5O3/c1-26-16-13(19)10-20-18(21-16)23-7-8-24-14(17(23)25)9-15(22-24)27-11-12-5-3-2-4-6-12/h2-6,9-10H,7-8,11H2,1H3. The Balaban J connectivity index is 1.53. The Morgan fingerprint density at radius 3 is 2.81 bits per heavy atom. The van der Waals surface area contributed by atoms with E-state index < -0.39 is 5.82 Å². The molecule has 0 aliphatic carbocycles. The van der Waals surface area contributed by atoms with Crippen LogP contribution < -0.4 is 14.4 Å². The van der Waals surface area contributed by atoms with Gasteiger partial charge in [0.1, 0.15) is 12.3 Å². The zero-order valence-corrected chi connectivity index (χ0v) is 14.5. The van der Waals surface area contributed by atoms with E-state index in [2.05, 4.69) is 15.1 Å². The number of nitrogens with zero attached hydrogens (tertiary/aromatic N) is 5. The molecule has 0 fully saturated rings. The highest BCUT2D eigenvalue weighted by Gasteiger charge is 2.30. The van der Waals surface area contributed by atoms with Crippen molar-refractivity contribution in [3.05, 3.63) is 59.7 Å². The van der Waals surface area contributed by atoms with Crippen molar-refractivity contribution in [1.82, 2.24) is 19.7 Å². The first-order valence-electron chi connectivity index (χ1n) is 8.28. The third-order valence-corrected chi connectivity index (χ3v) is 4.12. The van der Waals surface area contributed by atoms with Crippen molar-refractivity contribution in [2.75, 3.05) is 18.6 Å². The Morgan fingerprint density at radius 1 is 1.22 bits per heavy atom. The molecule has 0 atom stereocenters. The molecule has 8 nitrogen and oxygen atoms in total. The molecule has 0 spiro atoms. The predicted molar refractivity (Wildman–Crippen MR) is 93.2 cm³/mol. The van der Waals surface area contributed by atoms with Gasteiger partial charge in [-0.15, -0.1) is 5.10 Å². The van der Waals surface area contributed by atoms with Crippen LogP contribution in [-0.4, -0.2) is 39.3 Å². The molecule has 1 aromatic carbocycles. The fourth-order valence-corrected chi connectivity index (χ4v) is 2.78. The van der Waals surface area contributed by atoms with E-state index in [4.69, 9.17) is 9.47 Å². The molecule has 4 rings (SSSR count). The lowest BCUT2D eigenvalue weighted by molar-refractivity contribution is 0.0960. The third-order valence-electron chi connectivity index (χ3n) is 4.12. The summed E-state index contributed by atoms with van der Waals surface area (Å²) < 4.78 is 25.6. The molecule has 27 heavy (non-hydrogen) atoms. The number of methoxy groups -OCH3 is 1. The number of rotatable bonds is 5. The van der Waals surface area contributed by atoms with Gasteiger partial charge >= 0.3 is 0 Å². The summed E-state index contributed by atoms with van der Waals surface area (Å²) in [7, 11) is 1.30. The Morgan fingerprint density at radius 2 is 2.04 bits per heavy atom. The minimum absolute atomic E-state index is 0.0810. The summed E-state index contributed by atoms with van der Waals surface area (Å²) in [5.41, 5.74) is 1.36. The van der Waals surface area contributed by atoms with E-state index >= 15 is 0 Å². The monoisotopic (exact) mass is 369 g/mol. The van der Waals surface area contributed by atoms with Crippen molar-refractivity contribution in [3.63, 3.8) is 0 Å². The van der Waals surface area contributed by atoms with E-state index in [0.717, 1.165) is 11.8 Å². The Bertz CT molecular complexity index is 976. The van der Waals surface area contributed by atoms with E-state index in [-0.39, 0.29) is 17.7 Å². The molecule has 0 saturated carbocycles. The second-order valence-corrected chi connectivity index (χ2v) is 5.85. The van der Waals surface area contributed by atoms with Gasteiger partial charge in [-0.3, -0.25) is 14.4 Å². The van der Waals surface area contributed by atoms with Crippen LogP contribution in [0.3, 0.4) is 0 Å². The molecule has 0 bridgehead atoms. The maximum atomic E-state index is 13.5. The van der Waals surface area contributed by atoms with Crippen LogP contribution in [0.2, 0.25) is 0 Å². The van der Waals surface area contributed by atoms with Crippen molar-refractivity contribution in [2.24, 2.45) is 0 Å². The summed E-state index contributed by atoms with van der Waals surface area (Å²) >= 11 is 0. The average Bonchev–Trinajstić information content (AvgIpc) is 3.12. The van der Waals surface area contributed by atoms with Gasteiger partial charge in [0.25, 0.3) is 11.8 Å². The minimum Gasteiger partial charge on any atom is -0.479 e. The number of fused-ring (bicyclic) bond motifs is 1. The molecule has 9 heteroatoms. The van der Waals surface area contributed by atoms with Gasteiger partial charge in [0, 0.05) is 12.6 Å². The van der Waals surface area contributed by atoms with E-state index in [1.165, 1.54) is 12.0 Å². The summed E-state index contributed by atoms with van der Waals surface area (Å²) in [4.78, 5) is 22.0. The van der Waals surface area contributed by atoms with Crippen LogP contribution in [0.1, 0.15) is 16.1 Å². The highest BCUT2D eigenvalue weighted by atomic mass is 19.1. The number of carbonyl (C=O) groups is 1. The van der Waals surface area contributed by atoms with Crippen LogP contribution in [-0.2, 0) is 13.2 Å². The van der Waals surface area contributed by atoms with Gasteiger partial charge in [-0.25, -0.2) is 4.98 Å². The average molecular weight is 369 g/mol. The number of amides is 1. The van der Waals surface area contributed by atoms with E-state index in [1.807, 2.05) is 30.3 Å². The molecule has 138 valence electrons. The van der Waals surface area contributed by atoms with Gasteiger partial charge in [0.05, 0.1) is 19.9 Å². The second-order valence-electron chi connectivity index (χ2n) is 5.85. The lowest BCUT2D eigenvalue weighted by Crippen LogP contribution is -2.41. The smallest absolute Gasteiger partial charge is 0.279 e. The Kier molecular flexibility index (Phi) is 4.41. The first-order chi connectivity index (χ1) is 13.2. The summed E-state index contributed by atoms with van der Waals surface area (Å²) in [6, 6.07) is 11.3. The topological polar surface area (TPSA) is 82.4 Å². The molecule has 3 aromatic rings. The summed E-state index contributed by atoms with van der Waals surface area (Å²) in [5.74, 6) is -0.790. The third kappa shape index (κ3) is 3.31. The van der Waals surface area contributed by atoms with Crippen LogP contribution in [0.15, 0.2) is 42.6 Å². The van der Waals surface area contributed by atoms with Gasteiger partial charge in [0.15, 0.2) is 0 Å². The number of benzene rings is 1. The van der Waals surface area contributed by atoms with Crippen molar-refractivity contribution in [1.29, 1.82) is 0 Å². The molecule has 0 unspecified atom stereocenters. The van der Waals surface area contributed by atoms with Gasteiger partial charge in [-0.05, 0) is 5.56 Å². The quantitative estimate of drug-likeness (QED) is 0.685. The number of aromatic nitrogens is 4. The van der Waals surface area contributed by atoms with Gasteiger partial charge in [0.2, 0.25) is 17.6 Å². The summed E-state index contributed by atoms with van der Waals surface area (Å²) in [5, 5.41) is 4.31. The van der Waals surface area contributed by atoms with Crippen molar-refractivity contribution in [3.8, 4) is 11.8 Å². The van der Waals surface area contributed by atoms with Crippen molar-refractivity contribution >= 4 is 11.9 Å². The predicted octanol–water partition coefficient (Wildman–Crippen LogP) is 2.06. The highest BCUT2D eigenvalue weighted by molar-refractivity contribution is 6.04. The molecule has 0 N–H and O–H groups in total. The number of hydrogen-bond acceptors (Lipinski definition) is 6. The van der Waals surface area contributed by atoms with Crippen LogP contribution in [0.5, 0.6) is 11.8 Å². The summed E-state index contributed by atoms with van der Waals surface area (Å²) in [6.45, 7) is 1.10. The van der Waals surface area contributed by atoms with Crippen molar-refractivity contribution < 1.29 is 18.7 Å². The molecule has 1 aliphatic rings. The van der Waals surface area contributed by atoms with Gasteiger partial charge < -0.3 is 9.47 Å². The number of halogens is 1. The van der Waals surface area contributed by atoms with Gasteiger partial charge in [-0.2, -0.15) is 9.37 Å². The maximum Gasteiger partial charge on any atom is 0.279 e. The molecule has 2 aromatic heterocycles. The fraction of sp³-hybridized carbons (Fsp3) is 0.222. The van der Waals surface area contributed by atoms with Crippen LogP contribution in [0.25, 0.3) is 0 Å². The van der Waals surface area contributed by atoms with E-state index in [1.54, 1.807) is 10.7 Å². The lowest BCUT2D eigenvalue weighted by atomic mass is 10.2. The Labute approximate surface area is 154 Å². The molecular weight excluding hydrogens is 353 g/mol. The fourth-order valence-electron chi connectivity index (χ4n) is 2.78. The molecular formula is C18H16FN5O3. The molecule has 0 radical (unpaired) electrons. The van der Waals surface area contributed by atoms with E-state index in [0.29, 0.717) is 31.3 Å². The van der Waals surface area contributed by atoms with Gasteiger partial charge in [-0.1, -0.05) is 30.3 Å². The zero-order chi connectivity index (χ0) is 18.8. The maximum absolute atomic E-state index is 13.5. The molecule has 0 saturated heterocycles. The van der Waals surface area contributed by atoms with Crippen LogP contribution >= 0.6 is 0 Å². The second kappa shape index (κ2) is 7.02. The highest BCUT2D eigenvalue weighted by Crippen LogP contribution is 2.23. The zero-order valence-electron chi connectivity index (χ0n) is 14.5. The molecule has 1 aliphatic heterocycles. The SMILES string of the molecule is COc1nc(N2CCn3nc(OCc4ccccc4)cc3C2=O)ncc1F. The first kappa shape index (κ1) is 17.0. The number of ether oxygens (including phenoxy) is 2. The van der Waals surface area contributed by atoms with Crippen LogP contribution in [0.4, 0.5) is 10.3 Å². The number of carbonyl (C=O) groups excluding carboxylic acids is 1. The van der Waals surface area contributed by atoms with Crippen molar-refractivity contribution in [2.45, 2.75) is 13.2 Å². The largest absolute Gasteiger partial charge is 0.479 e. The van der Waals surface area contributed by atoms with E-state index in [9.17, 15) is 9.18 Å². The minimum atomic E-state index is -0.688. The first-order valence-corrected chi connectivity index (χ1v) is 8.28. The summed E-state index contributed by atoms with van der Waals surface area (Å²) in [6.07, 6.45) is 0.981. The number of hydrogen-bond donors (Lipinski definition) is 0.